The van der Waals surface area contributed by atoms with E-state index < -0.39 is 29.6 Å². The van der Waals surface area contributed by atoms with Crippen molar-refractivity contribution in [1.29, 1.82) is 0 Å². The predicted octanol–water partition coefficient (Wildman–Crippen LogP) is 4.86. The van der Waals surface area contributed by atoms with Crippen LogP contribution in [0.15, 0.2) is 71.5 Å². The summed E-state index contributed by atoms with van der Waals surface area (Å²) < 4.78 is 16.7. The summed E-state index contributed by atoms with van der Waals surface area (Å²) in [5, 5.41) is 3.24. The van der Waals surface area contributed by atoms with Crippen LogP contribution in [0, 0.1) is 0 Å². The first kappa shape index (κ1) is 29.0. The minimum atomic E-state index is -1.37. The van der Waals surface area contributed by atoms with Gasteiger partial charge in [-0.1, -0.05) is 24.3 Å². The van der Waals surface area contributed by atoms with Crippen LogP contribution in [-0.2, 0) is 21.7 Å². The lowest BCUT2D eigenvalue weighted by Gasteiger charge is -2.27. The van der Waals surface area contributed by atoms with Crippen LogP contribution in [0.4, 0.5) is 10.2 Å². The van der Waals surface area contributed by atoms with Crippen molar-refractivity contribution in [3.63, 3.8) is 0 Å². The Bertz CT molecular complexity index is 1920. The molecule has 3 aliphatic rings. The van der Waals surface area contributed by atoms with Crippen molar-refractivity contribution in [2.45, 2.75) is 50.5 Å². The smallest absolute Gasteiger partial charge is 0.262 e. The Hall–Kier alpha value is -4.71. The molecule has 2 fully saturated rings. The van der Waals surface area contributed by atoms with E-state index in [1.165, 1.54) is 16.7 Å². The van der Waals surface area contributed by atoms with Crippen molar-refractivity contribution < 1.29 is 28.4 Å². The number of Topliss-reactive ketones (excluding diaryl/α,β-unsaturated/α-hetero) is 1. The lowest BCUT2D eigenvalue weighted by molar-refractivity contribution is -0.137. The molecule has 1 aliphatic carbocycles. The van der Waals surface area contributed by atoms with Gasteiger partial charge < -0.3 is 14.8 Å². The summed E-state index contributed by atoms with van der Waals surface area (Å²) in [6.45, 7) is 0.974. The van der Waals surface area contributed by atoms with Crippen molar-refractivity contribution in [2.75, 3.05) is 11.9 Å². The summed E-state index contributed by atoms with van der Waals surface area (Å²) in [6.07, 6.45) is 1.27. The Kier molecular flexibility index (Phi) is 6.92. The van der Waals surface area contributed by atoms with E-state index in [9.17, 15) is 28.4 Å². The van der Waals surface area contributed by atoms with Gasteiger partial charge in [-0.05, 0) is 77.7 Å². The van der Waals surface area contributed by atoms with Crippen LogP contribution in [-0.4, -0.2) is 67.5 Å². The number of hydrogen-bond acceptors (Lipinski definition) is 6. The number of amides is 4. The van der Waals surface area contributed by atoms with Gasteiger partial charge >= 0.3 is 0 Å². The van der Waals surface area contributed by atoms with Gasteiger partial charge in [0.15, 0.2) is 5.78 Å². The largest absolute Gasteiger partial charge is 0.337 e. The predicted molar refractivity (Wildman–Crippen MR) is 165 cm³/mol. The standard InChI is InChI=1S/C33H27BrFN5O5/c1-18(41)24-16-38(17-29(42)39-15-20(35)14-26(39)30(43)37-28-8-4-7-27(34)36-28)25-10-9-19(13-23(24)25)33(11-12-33)40-31(44)21-5-2-3-6-22(21)32(40)45/h2-10,13,16,20,26H,11-12,14-15,17H2,1H3,(H,36,37,43). The number of rotatable bonds is 7. The molecule has 2 aliphatic heterocycles. The van der Waals surface area contributed by atoms with Crippen LogP contribution in [0.2, 0.25) is 0 Å². The zero-order valence-corrected chi connectivity index (χ0v) is 25.7. The number of ketones is 1. The maximum atomic E-state index is 14.6. The molecule has 0 radical (unpaired) electrons. The zero-order chi connectivity index (χ0) is 31.6. The minimum Gasteiger partial charge on any atom is -0.337 e. The summed E-state index contributed by atoms with van der Waals surface area (Å²) in [4.78, 5) is 72.8. The first-order valence-corrected chi connectivity index (χ1v) is 15.4. The fraction of sp³-hybridized carbons (Fsp3) is 0.273. The highest BCUT2D eigenvalue weighted by atomic mass is 79.9. The highest BCUT2D eigenvalue weighted by Gasteiger charge is 2.57. The molecular weight excluding hydrogens is 645 g/mol. The first-order valence-electron chi connectivity index (χ1n) is 14.6. The van der Waals surface area contributed by atoms with Crippen molar-refractivity contribution in [1.82, 2.24) is 19.4 Å². The van der Waals surface area contributed by atoms with Gasteiger partial charge in [-0.2, -0.15) is 0 Å². The van der Waals surface area contributed by atoms with Gasteiger partial charge in [0.2, 0.25) is 11.8 Å². The van der Waals surface area contributed by atoms with E-state index in [2.05, 4.69) is 26.2 Å². The number of pyridine rings is 1. The molecule has 2 atom stereocenters. The van der Waals surface area contributed by atoms with Gasteiger partial charge in [-0.25, -0.2) is 9.37 Å². The third-order valence-corrected chi connectivity index (χ3v) is 9.33. The number of nitrogens with one attached hydrogen (secondary N) is 1. The van der Waals surface area contributed by atoms with Crippen LogP contribution in [0.3, 0.4) is 0 Å². The highest BCUT2D eigenvalue weighted by molar-refractivity contribution is 9.10. The Labute approximate surface area is 265 Å². The Balaban J connectivity index is 1.17. The Morgan fingerprint density at radius 2 is 1.73 bits per heavy atom. The second-order valence-corrected chi connectivity index (χ2v) is 12.5. The Morgan fingerprint density at radius 3 is 2.38 bits per heavy atom. The van der Waals surface area contributed by atoms with E-state index in [0.29, 0.717) is 45.0 Å². The lowest BCUT2D eigenvalue weighted by Crippen LogP contribution is -2.44. The third kappa shape index (κ3) is 4.84. The molecule has 4 amide bonds. The van der Waals surface area contributed by atoms with Gasteiger partial charge in [0.05, 0.1) is 23.2 Å². The van der Waals surface area contributed by atoms with Crippen molar-refractivity contribution in [3.8, 4) is 0 Å². The number of anilines is 1. The number of carbonyl (C=O) groups excluding carboxylic acids is 5. The van der Waals surface area contributed by atoms with Crippen molar-refractivity contribution in [2.24, 2.45) is 0 Å². The fourth-order valence-corrected chi connectivity index (χ4v) is 6.91. The number of imide groups is 1. The average molecular weight is 673 g/mol. The molecule has 1 saturated carbocycles. The molecule has 1 N–H and O–H groups in total. The second kappa shape index (κ2) is 10.7. The molecule has 2 aromatic carbocycles. The highest BCUT2D eigenvalue weighted by Crippen LogP contribution is 2.54. The SMILES string of the molecule is CC(=O)c1cn(CC(=O)N2CC(F)CC2C(=O)Nc2cccc(Br)n2)c2ccc(C3(N4C(=O)c5ccccc5C4=O)CC3)cc12. The van der Waals surface area contributed by atoms with E-state index in [1.54, 1.807) is 59.3 Å². The summed E-state index contributed by atoms with van der Waals surface area (Å²) in [5.41, 5.74) is 1.63. The summed E-state index contributed by atoms with van der Waals surface area (Å²) in [7, 11) is 0. The molecule has 10 nitrogen and oxygen atoms in total. The van der Waals surface area contributed by atoms with E-state index >= 15 is 0 Å². The number of carbonyl (C=O) groups is 5. The zero-order valence-electron chi connectivity index (χ0n) is 24.1. The van der Waals surface area contributed by atoms with Crippen molar-refractivity contribution in [3.05, 3.63) is 93.7 Å². The fourth-order valence-electron chi connectivity index (χ4n) is 6.57. The molecular formula is C33H27BrFN5O5. The molecule has 4 heterocycles. The molecule has 12 heteroatoms. The number of aromatic nitrogens is 2. The van der Waals surface area contributed by atoms with Gasteiger partial charge in [0, 0.05) is 29.1 Å². The monoisotopic (exact) mass is 671 g/mol. The summed E-state index contributed by atoms with van der Waals surface area (Å²) in [5.74, 6) is -1.64. The average Bonchev–Trinajstić information content (AvgIpc) is 3.47. The topological polar surface area (TPSA) is 122 Å². The normalized spacial score (nSPS) is 20.1. The maximum Gasteiger partial charge on any atom is 0.262 e. The molecule has 1 saturated heterocycles. The van der Waals surface area contributed by atoms with E-state index in [4.69, 9.17) is 0 Å². The molecule has 0 bridgehead atoms. The van der Waals surface area contributed by atoms with Gasteiger partial charge in [0.25, 0.3) is 11.8 Å². The molecule has 228 valence electrons. The lowest BCUT2D eigenvalue weighted by atomic mass is 9.99. The first-order chi connectivity index (χ1) is 21.6. The van der Waals surface area contributed by atoms with Gasteiger partial charge in [0.1, 0.15) is 29.2 Å². The van der Waals surface area contributed by atoms with E-state index in [0.717, 1.165) is 5.56 Å². The number of alkyl halides is 1. The number of halogens is 2. The molecule has 0 spiro atoms. The maximum absolute atomic E-state index is 14.6. The number of benzene rings is 2. The van der Waals surface area contributed by atoms with Crippen LogP contribution in [0.25, 0.3) is 10.9 Å². The van der Waals surface area contributed by atoms with Crippen LogP contribution >= 0.6 is 15.9 Å². The molecule has 7 rings (SSSR count). The molecule has 45 heavy (non-hydrogen) atoms. The van der Waals surface area contributed by atoms with Crippen molar-refractivity contribution >= 4 is 62.1 Å². The van der Waals surface area contributed by atoms with E-state index in [1.807, 2.05) is 12.1 Å². The Morgan fingerprint density at radius 1 is 1.02 bits per heavy atom. The third-order valence-electron chi connectivity index (χ3n) is 8.89. The van der Waals surface area contributed by atoms with E-state index in [-0.39, 0.29) is 42.9 Å². The number of nitrogens with zero attached hydrogens (tertiary/aromatic N) is 4. The van der Waals surface area contributed by atoms with Crippen LogP contribution < -0.4 is 5.32 Å². The van der Waals surface area contributed by atoms with Gasteiger partial charge in [-0.3, -0.25) is 28.9 Å². The van der Waals surface area contributed by atoms with Crippen LogP contribution in [0.1, 0.15) is 62.8 Å². The summed E-state index contributed by atoms with van der Waals surface area (Å²) in [6, 6.07) is 16.1. The minimum absolute atomic E-state index is 0.139. The molecule has 4 aromatic rings. The number of hydrogen-bond donors (Lipinski definition) is 1. The number of likely N-dealkylation sites (tertiary alicyclic amines) is 1. The molecule has 2 unspecified atom stereocenters. The quantitative estimate of drug-likeness (QED) is 0.170. The second-order valence-electron chi connectivity index (χ2n) is 11.7. The van der Waals surface area contributed by atoms with Crippen LogP contribution in [0.5, 0.6) is 0 Å². The van der Waals surface area contributed by atoms with Gasteiger partial charge in [-0.15, -0.1) is 0 Å². The molecule has 2 aromatic heterocycles. The number of fused-ring (bicyclic) bond motifs is 2. The summed E-state index contributed by atoms with van der Waals surface area (Å²) >= 11 is 3.25.